The van der Waals surface area contributed by atoms with Gasteiger partial charge in [-0.25, -0.2) is 0 Å². The van der Waals surface area contributed by atoms with Crippen LogP contribution >= 0.6 is 0 Å². The second-order valence-corrected chi connectivity index (χ2v) is 2.67. The van der Waals surface area contributed by atoms with Crippen molar-refractivity contribution in [2.75, 3.05) is 0 Å². The fraction of sp³-hybridized carbons (Fsp3) is 0. The Hall–Kier alpha value is -1.23. The molecule has 0 aromatic heterocycles. The Labute approximate surface area is 117 Å². The Morgan fingerprint density at radius 2 is 0.765 bits per heavy atom. The minimum atomic E-state index is 0. The molecule has 0 aliphatic carbocycles. The Morgan fingerprint density at radius 3 is 0.882 bits per heavy atom. The van der Waals surface area contributed by atoms with Gasteiger partial charge in [0.05, 0.1) is 0 Å². The summed E-state index contributed by atoms with van der Waals surface area (Å²) < 4.78 is 0. The minimum absolute atomic E-state index is 0. The first kappa shape index (κ1) is 21.1. The first-order valence-electron chi connectivity index (χ1n) is 4.27. The molecule has 0 heterocycles. The van der Waals surface area contributed by atoms with Gasteiger partial charge in [-0.2, -0.15) is 0 Å². The average molecular weight is 405 g/mol. The molecule has 2 nitrogen and oxygen atoms in total. The summed E-state index contributed by atoms with van der Waals surface area (Å²) in [5, 5.41) is 17.3. The van der Waals surface area contributed by atoms with Crippen molar-refractivity contribution in [3.63, 3.8) is 0 Å². The molecule has 2 N–H and O–H groups in total. The van der Waals surface area contributed by atoms with Gasteiger partial charge < -0.3 is 19.6 Å². The van der Waals surface area contributed by atoms with Crippen molar-refractivity contribution in [2.24, 2.45) is 0 Å². The number of phenolic OH excluding ortho intramolecular Hbond substituents is 2. The summed E-state index contributed by atoms with van der Waals surface area (Å²) in [6.07, 6.45) is 0. The predicted octanol–water partition coefficient (Wildman–Crippen LogP) is -3.21. The van der Waals surface area contributed by atoms with Gasteiger partial charge in [0.2, 0.25) is 0 Å². The van der Waals surface area contributed by atoms with Crippen LogP contribution in [0, 0.1) is 0 Å². The zero-order valence-corrected chi connectivity index (χ0v) is 12.5. The van der Waals surface area contributed by atoms with Gasteiger partial charge in [-0.05, 0) is 24.3 Å². The molecule has 0 bridgehead atoms. The molecule has 0 radical (unpaired) electrons. The van der Waals surface area contributed by atoms with E-state index in [1.54, 1.807) is 48.5 Å². The number of benzene rings is 2. The predicted molar refractivity (Wildman–Crippen MR) is 56.2 cm³/mol. The van der Waals surface area contributed by atoms with Gasteiger partial charge in [0.25, 0.3) is 0 Å². The summed E-state index contributed by atoms with van der Waals surface area (Å²) in [5.74, 6) is 0.644. The molecule has 0 amide bonds. The maximum absolute atomic E-state index is 8.63. The summed E-state index contributed by atoms with van der Waals surface area (Å²) >= 11 is 0. The number of aromatic hydroxyl groups is 2. The largest absolute Gasteiger partial charge is 1.00 e. The number of rotatable bonds is 0. The molecular formula is C12H12F2HfO2-2. The van der Waals surface area contributed by atoms with Crippen molar-refractivity contribution in [3.8, 4) is 11.5 Å². The van der Waals surface area contributed by atoms with Crippen LogP contribution in [0.4, 0.5) is 0 Å². The van der Waals surface area contributed by atoms with Crippen LogP contribution < -0.4 is 9.41 Å². The second-order valence-electron chi connectivity index (χ2n) is 2.67. The van der Waals surface area contributed by atoms with Gasteiger partial charge in [0.15, 0.2) is 0 Å². The summed E-state index contributed by atoms with van der Waals surface area (Å²) in [6, 6.07) is 17.4. The normalized spacial score (nSPS) is 7.06. The van der Waals surface area contributed by atoms with E-state index in [2.05, 4.69) is 0 Å². The molecule has 0 aliphatic heterocycles. The maximum Gasteiger partial charge on any atom is 0.115 e. The van der Waals surface area contributed by atoms with Crippen molar-refractivity contribution in [1.82, 2.24) is 0 Å². The van der Waals surface area contributed by atoms with E-state index in [-0.39, 0.29) is 35.3 Å². The zero-order valence-electron chi connectivity index (χ0n) is 8.92. The molecule has 0 saturated heterocycles. The first-order valence-corrected chi connectivity index (χ1v) is 4.27. The van der Waals surface area contributed by atoms with Gasteiger partial charge in [-0.1, -0.05) is 36.4 Å². The Balaban J connectivity index is -0.000000196. The summed E-state index contributed by atoms with van der Waals surface area (Å²) in [7, 11) is 0. The van der Waals surface area contributed by atoms with E-state index >= 15 is 0 Å². The molecule has 0 fully saturated rings. The average Bonchev–Trinajstić information content (AvgIpc) is 2.21. The molecule has 2 rings (SSSR count). The summed E-state index contributed by atoms with van der Waals surface area (Å²) in [4.78, 5) is 0. The fourth-order valence-corrected chi connectivity index (χ4v) is 0.856. The molecule has 0 atom stereocenters. The van der Waals surface area contributed by atoms with Gasteiger partial charge in [-0.15, -0.1) is 0 Å². The van der Waals surface area contributed by atoms with Gasteiger partial charge in [-0.3, -0.25) is 0 Å². The van der Waals surface area contributed by atoms with E-state index in [4.69, 9.17) is 10.2 Å². The Kier molecular flexibility index (Phi) is 15.9. The molecule has 92 valence electrons. The molecule has 0 spiro atoms. The van der Waals surface area contributed by atoms with Crippen molar-refractivity contribution < 1.29 is 45.5 Å². The smallest absolute Gasteiger partial charge is 0.115 e. The molecule has 0 unspecified atom stereocenters. The second kappa shape index (κ2) is 12.8. The number of halogens is 2. The minimum Gasteiger partial charge on any atom is -1.00 e. The standard InChI is InChI=1S/2C6H6O.2FH.Hf/c2*7-6-4-2-1-3-5-6;;;/h2*1-5,7H;2*1H;/p-2. The zero-order chi connectivity index (χ0) is 10.2. The van der Waals surface area contributed by atoms with Crippen LogP contribution in [0.5, 0.6) is 11.5 Å². The van der Waals surface area contributed by atoms with E-state index in [0.717, 1.165) is 0 Å². The maximum atomic E-state index is 8.63. The van der Waals surface area contributed by atoms with Crippen molar-refractivity contribution in [2.45, 2.75) is 0 Å². The van der Waals surface area contributed by atoms with E-state index in [1.165, 1.54) is 0 Å². The monoisotopic (exact) mass is 406 g/mol. The third-order valence-corrected chi connectivity index (χ3v) is 1.51. The van der Waals surface area contributed by atoms with Crippen LogP contribution in [0.1, 0.15) is 0 Å². The third-order valence-electron chi connectivity index (χ3n) is 1.51. The van der Waals surface area contributed by atoms with Crippen LogP contribution in [0.15, 0.2) is 60.7 Å². The molecule has 2 aromatic rings. The molecule has 0 saturated carbocycles. The van der Waals surface area contributed by atoms with E-state index in [1.807, 2.05) is 12.1 Å². The number of phenols is 2. The van der Waals surface area contributed by atoms with Crippen LogP contribution in [0.2, 0.25) is 0 Å². The summed E-state index contributed by atoms with van der Waals surface area (Å²) in [5.41, 5.74) is 0. The van der Waals surface area contributed by atoms with Crippen molar-refractivity contribution in [3.05, 3.63) is 60.7 Å². The Morgan fingerprint density at radius 1 is 0.529 bits per heavy atom. The quantitative estimate of drug-likeness (QED) is 0.454. The number of hydrogen-bond acceptors (Lipinski definition) is 2. The number of hydrogen-bond donors (Lipinski definition) is 2. The third kappa shape index (κ3) is 11.0. The van der Waals surface area contributed by atoms with Gasteiger partial charge in [0.1, 0.15) is 11.5 Å². The molecule has 5 heteroatoms. The Bertz CT molecular complexity index is 320. The first-order chi connectivity index (χ1) is 6.79. The van der Waals surface area contributed by atoms with E-state index in [0.29, 0.717) is 11.5 Å². The fourth-order valence-electron chi connectivity index (χ4n) is 0.856. The SMILES string of the molecule is Oc1ccccc1.Oc1ccccc1.[F-].[F-].[Hf]. The van der Waals surface area contributed by atoms with Crippen molar-refractivity contribution in [1.29, 1.82) is 0 Å². The van der Waals surface area contributed by atoms with Crippen LogP contribution in [0.3, 0.4) is 0 Å². The van der Waals surface area contributed by atoms with Crippen LogP contribution in [0.25, 0.3) is 0 Å². The van der Waals surface area contributed by atoms with Crippen LogP contribution in [-0.2, 0) is 25.8 Å². The van der Waals surface area contributed by atoms with Gasteiger partial charge in [0, 0.05) is 25.8 Å². The van der Waals surface area contributed by atoms with Crippen LogP contribution in [-0.4, -0.2) is 10.2 Å². The summed E-state index contributed by atoms with van der Waals surface area (Å²) in [6.45, 7) is 0. The number of para-hydroxylation sites is 2. The molecular weight excluding hydrogens is 393 g/mol. The van der Waals surface area contributed by atoms with E-state index in [9.17, 15) is 0 Å². The topological polar surface area (TPSA) is 40.5 Å². The molecule has 2 aromatic carbocycles. The van der Waals surface area contributed by atoms with Crippen molar-refractivity contribution >= 4 is 0 Å². The van der Waals surface area contributed by atoms with Gasteiger partial charge >= 0.3 is 0 Å². The molecule has 0 aliphatic rings. The van der Waals surface area contributed by atoms with E-state index < -0.39 is 0 Å². The molecule has 17 heavy (non-hydrogen) atoms.